The third-order valence-electron chi connectivity index (χ3n) is 3.70. The van der Waals surface area contributed by atoms with Gasteiger partial charge in [-0.3, -0.25) is 4.90 Å². The molecule has 1 saturated heterocycles. The molecule has 1 fully saturated rings. The van der Waals surface area contributed by atoms with Gasteiger partial charge in [-0.2, -0.15) is 0 Å². The smallest absolute Gasteiger partial charge is 0.131 e. The second-order valence-corrected chi connectivity index (χ2v) is 5.32. The third-order valence-corrected chi connectivity index (χ3v) is 3.70. The van der Waals surface area contributed by atoms with Crippen LogP contribution in [0.2, 0.25) is 0 Å². The van der Waals surface area contributed by atoms with E-state index in [0.29, 0.717) is 11.3 Å². The Hall–Kier alpha value is -1.39. The van der Waals surface area contributed by atoms with Gasteiger partial charge in [0.25, 0.3) is 0 Å². The Labute approximate surface area is 120 Å². The van der Waals surface area contributed by atoms with Crippen LogP contribution in [0.25, 0.3) is 0 Å². The molecule has 1 aromatic rings. The lowest BCUT2D eigenvalue weighted by Gasteiger charge is -2.36. The van der Waals surface area contributed by atoms with Gasteiger partial charge in [0.05, 0.1) is 7.11 Å². The van der Waals surface area contributed by atoms with Crippen molar-refractivity contribution in [3.63, 3.8) is 0 Å². The fourth-order valence-electron chi connectivity index (χ4n) is 2.76. The molecule has 1 heterocycles. The second kappa shape index (κ2) is 6.86. The van der Waals surface area contributed by atoms with Crippen molar-refractivity contribution in [3.05, 3.63) is 41.7 Å². The first-order valence-corrected chi connectivity index (χ1v) is 7.05. The van der Waals surface area contributed by atoms with E-state index in [1.807, 2.05) is 13.0 Å². The van der Waals surface area contributed by atoms with E-state index >= 15 is 0 Å². The minimum Gasteiger partial charge on any atom is -0.496 e. The van der Waals surface area contributed by atoms with Gasteiger partial charge in [-0.25, -0.2) is 4.39 Å². The summed E-state index contributed by atoms with van der Waals surface area (Å²) in [4.78, 5) is 2.31. The van der Waals surface area contributed by atoms with E-state index in [0.717, 1.165) is 38.2 Å². The summed E-state index contributed by atoms with van der Waals surface area (Å²) in [5, 5.41) is 3.33. The average molecular weight is 278 g/mol. The largest absolute Gasteiger partial charge is 0.496 e. The Morgan fingerprint density at radius 1 is 1.45 bits per heavy atom. The molecule has 0 aromatic heterocycles. The lowest BCUT2D eigenvalue weighted by Crippen LogP contribution is -2.45. The molecule has 2 rings (SSSR count). The molecule has 4 heteroatoms. The monoisotopic (exact) mass is 278 g/mol. The first kappa shape index (κ1) is 15.0. The molecule has 0 saturated carbocycles. The number of hydrogen-bond donors (Lipinski definition) is 1. The molecule has 110 valence electrons. The summed E-state index contributed by atoms with van der Waals surface area (Å²) in [6, 6.07) is 5.01. The summed E-state index contributed by atoms with van der Waals surface area (Å²) in [6.45, 7) is 9.68. The fourth-order valence-corrected chi connectivity index (χ4v) is 2.76. The summed E-state index contributed by atoms with van der Waals surface area (Å²) in [5.41, 5.74) is 1.71. The maximum atomic E-state index is 14.3. The molecule has 3 nitrogen and oxygen atoms in total. The molecule has 1 N–H and O–H groups in total. The number of halogens is 1. The number of nitrogens with zero attached hydrogens (tertiary/aromatic N) is 1. The van der Waals surface area contributed by atoms with Crippen LogP contribution in [0.1, 0.15) is 24.9 Å². The highest BCUT2D eigenvalue weighted by molar-refractivity contribution is 5.38. The van der Waals surface area contributed by atoms with Gasteiger partial charge in [0.2, 0.25) is 0 Å². The number of methoxy groups -OCH3 is 1. The number of rotatable bonds is 5. The third kappa shape index (κ3) is 3.38. The second-order valence-electron chi connectivity index (χ2n) is 5.32. The van der Waals surface area contributed by atoms with Crippen LogP contribution >= 0.6 is 0 Å². The normalized spacial score (nSPS) is 17.8. The molecular formula is C16H23FN2O. The Morgan fingerprint density at radius 3 is 2.75 bits per heavy atom. The molecule has 0 radical (unpaired) electrons. The highest BCUT2D eigenvalue weighted by atomic mass is 19.1. The van der Waals surface area contributed by atoms with E-state index in [1.165, 1.54) is 6.07 Å². The topological polar surface area (TPSA) is 24.5 Å². The number of nitrogens with one attached hydrogen (secondary N) is 1. The molecule has 1 atom stereocenters. The number of piperazine rings is 1. The average Bonchev–Trinajstić information content (AvgIpc) is 2.45. The first-order valence-electron chi connectivity index (χ1n) is 7.05. The van der Waals surface area contributed by atoms with E-state index in [1.54, 1.807) is 13.2 Å². The van der Waals surface area contributed by atoms with Crippen molar-refractivity contribution >= 4 is 0 Å². The highest BCUT2D eigenvalue weighted by Crippen LogP contribution is 2.35. The van der Waals surface area contributed by atoms with Gasteiger partial charge >= 0.3 is 0 Å². The number of ether oxygens (including phenoxy) is 1. The Kier molecular flexibility index (Phi) is 5.15. The summed E-state index contributed by atoms with van der Waals surface area (Å²) in [7, 11) is 1.59. The molecule has 1 aliphatic rings. The van der Waals surface area contributed by atoms with Gasteiger partial charge in [0.1, 0.15) is 11.6 Å². The standard InChI is InChI=1S/C16H23FN2O/c1-12(2)11-14(19-9-7-18-8-10-19)16-13(17)5-4-6-15(16)20-3/h4-6,14,18H,1,7-11H2,2-3H3/t14-/m0/s1. The van der Waals surface area contributed by atoms with Crippen LogP contribution in [0.5, 0.6) is 5.75 Å². The molecule has 1 aliphatic heterocycles. The van der Waals surface area contributed by atoms with Crippen LogP contribution in [0.3, 0.4) is 0 Å². The minimum atomic E-state index is -0.200. The fraction of sp³-hybridized carbons (Fsp3) is 0.500. The number of hydrogen-bond acceptors (Lipinski definition) is 3. The molecule has 0 bridgehead atoms. The predicted molar refractivity (Wildman–Crippen MR) is 79.6 cm³/mol. The molecule has 1 aromatic carbocycles. The van der Waals surface area contributed by atoms with Crippen molar-refractivity contribution in [2.75, 3.05) is 33.3 Å². The maximum Gasteiger partial charge on any atom is 0.131 e. The van der Waals surface area contributed by atoms with Crippen LogP contribution in [-0.4, -0.2) is 38.2 Å². The summed E-state index contributed by atoms with van der Waals surface area (Å²) in [6.07, 6.45) is 0.747. The summed E-state index contributed by atoms with van der Waals surface area (Å²) >= 11 is 0. The Balaban J connectivity index is 2.37. The van der Waals surface area contributed by atoms with E-state index < -0.39 is 0 Å². The molecule has 0 unspecified atom stereocenters. The number of benzene rings is 1. The van der Waals surface area contributed by atoms with E-state index in [4.69, 9.17) is 4.74 Å². The molecule has 0 amide bonds. The highest BCUT2D eigenvalue weighted by Gasteiger charge is 2.27. The molecule has 0 spiro atoms. The van der Waals surface area contributed by atoms with Gasteiger partial charge in [-0.15, -0.1) is 6.58 Å². The molecule has 0 aliphatic carbocycles. The lowest BCUT2D eigenvalue weighted by molar-refractivity contribution is 0.166. The van der Waals surface area contributed by atoms with Crippen molar-refractivity contribution in [1.29, 1.82) is 0 Å². The quantitative estimate of drug-likeness (QED) is 0.838. The van der Waals surface area contributed by atoms with Crippen molar-refractivity contribution in [2.24, 2.45) is 0 Å². The summed E-state index contributed by atoms with van der Waals surface area (Å²) < 4.78 is 19.7. The van der Waals surface area contributed by atoms with Crippen LogP contribution in [0, 0.1) is 5.82 Å². The van der Waals surface area contributed by atoms with E-state index in [9.17, 15) is 4.39 Å². The Bertz CT molecular complexity index is 470. The van der Waals surface area contributed by atoms with Gasteiger partial charge in [-0.1, -0.05) is 11.6 Å². The zero-order chi connectivity index (χ0) is 14.5. The van der Waals surface area contributed by atoms with E-state index in [2.05, 4.69) is 16.8 Å². The van der Waals surface area contributed by atoms with Crippen LogP contribution < -0.4 is 10.1 Å². The molecular weight excluding hydrogens is 255 g/mol. The SMILES string of the molecule is C=C(C)C[C@@H](c1c(F)cccc1OC)N1CCNCC1. The van der Waals surface area contributed by atoms with Gasteiger partial charge in [0, 0.05) is 37.8 Å². The lowest BCUT2D eigenvalue weighted by atomic mass is 9.96. The van der Waals surface area contributed by atoms with Crippen molar-refractivity contribution in [1.82, 2.24) is 10.2 Å². The van der Waals surface area contributed by atoms with Crippen molar-refractivity contribution < 1.29 is 9.13 Å². The zero-order valence-corrected chi connectivity index (χ0v) is 12.3. The maximum absolute atomic E-state index is 14.3. The van der Waals surface area contributed by atoms with Crippen LogP contribution in [0.15, 0.2) is 30.4 Å². The van der Waals surface area contributed by atoms with Crippen molar-refractivity contribution in [3.8, 4) is 5.75 Å². The van der Waals surface area contributed by atoms with Gasteiger partial charge in [-0.05, 0) is 25.5 Å². The minimum absolute atomic E-state index is 0.00856. The van der Waals surface area contributed by atoms with Gasteiger partial charge in [0.15, 0.2) is 0 Å². The molecule has 20 heavy (non-hydrogen) atoms. The van der Waals surface area contributed by atoms with Crippen LogP contribution in [-0.2, 0) is 0 Å². The van der Waals surface area contributed by atoms with Crippen LogP contribution in [0.4, 0.5) is 4.39 Å². The van der Waals surface area contributed by atoms with Gasteiger partial charge < -0.3 is 10.1 Å². The Morgan fingerprint density at radius 2 is 2.15 bits per heavy atom. The van der Waals surface area contributed by atoms with E-state index in [-0.39, 0.29) is 11.9 Å². The predicted octanol–water partition coefficient (Wildman–Crippen LogP) is 2.75. The zero-order valence-electron chi connectivity index (χ0n) is 12.3. The first-order chi connectivity index (χ1) is 9.63. The summed E-state index contributed by atoms with van der Waals surface area (Å²) in [5.74, 6) is 0.420. The van der Waals surface area contributed by atoms with Crippen molar-refractivity contribution in [2.45, 2.75) is 19.4 Å².